The molecule has 0 aromatic carbocycles. The first-order valence-electron chi connectivity index (χ1n) is 7.70. The van der Waals surface area contributed by atoms with Gasteiger partial charge in [0.1, 0.15) is 5.54 Å². The summed E-state index contributed by atoms with van der Waals surface area (Å²) in [4.78, 5) is 2.46. The van der Waals surface area contributed by atoms with Crippen molar-refractivity contribution in [2.45, 2.75) is 56.2 Å². The maximum absolute atomic E-state index is 9.73. The molecule has 1 N–H and O–H groups in total. The summed E-state index contributed by atoms with van der Waals surface area (Å²) in [6.07, 6.45) is 7.58. The Hall–Kier alpha value is -0.630. The van der Waals surface area contributed by atoms with Crippen LogP contribution in [-0.4, -0.2) is 49.3 Å². The van der Waals surface area contributed by atoms with Crippen LogP contribution < -0.4 is 5.32 Å². The maximum Gasteiger partial charge on any atom is 0.122 e. The van der Waals surface area contributed by atoms with E-state index >= 15 is 0 Å². The van der Waals surface area contributed by atoms with Gasteiger partial charge >= 0.3 is 0 Å². The summed E-state index contributed by atoms with van der Waals surface area (Å²) >= 11 is 0. The Labute approximate surface area is 116 Å². The van der Waals surface area contributed by atoms with Crippen LogP contribution in [0, 0.1) is 17.2 Å². The molecule has 0 bridgehead atoms. The summed E-state index contributed by atoms with van der Waals surface area (Å²) in [5.74, 6) is 0.582. The third-order valence-electron chi connectivity index (χ3n) is 4.85. The van der Waals surface area contributed by atoms with Gasteiger partial charge in [-0.2, -0.15) is 5.26 Å². The molecule has 0 amide bonds. The summed E-state index contributed by atoms with van der Waals surface area (Å²) in [6.45, 7) is 3.04. The van der Waals surface area contributed by atoms with E-state index in [0.29, 0.717) is 18.1 Å². The standard InChI is InChI=1S/C15H25N3O/c1-19-14-6-8-18(9-7-14)11-15(10-16,12-2-3-12)17-13-4-5-13/h12-14,17H,2-9,11H2,1H3. The zero-order valence-electron chi connectivity index (χ0n) is 11.9. The number of nitrogens with zero attached hydrogens (tertiary/aromatic N) is 2. The van der Waals surface area contributed by atoms with E-state index in [2.05, 4.69) is 16.3 Å². The fourth-order valence-corrected chi connectivity index (χ4v) is 3.28. The quantitative estimate of drug-likeness (QED) is 0.789. The van der Waals surface area contributed by atoms with Crippen LogP contribution in [0.15, 0.2) is 0 Å². The number of nitriles is 1. The molecule has 1 saturated heterocycles. The Kier molecular flexibility index (Phi) is 3.79. The lowest BCUT2D eigenvalue weighted by Gasteiger charge is -2.38. The number of hydrogen-bond acceptors (Lipinski definition) is 4. The van der Waals surface area contributed by atoms with Crippen molar-refractivity contribution >= 4 is 0 Å². The Bertz CT molecular complexity index is 351. The van der Waals surface area contributed by atoms with Gasteiger partial charge in [-0.25, -0.2) is 0 Å². The highest BCUT2D eigenvalue weighted by atomic mass is 16.5. The lowest BCUT2D eigenvalue weighted by molar-refractivity contribution is 0.0337. The molecule has 106 valence electrons. The number of ether oxygens (including phenoxy) is 1. The highest BCUT2D eigenvalue weighted by molar-refractivity contribution is 5.18. The van der Waals surface area contributed by atoms with Crippen LogP contribution in [0.2, 0.25) is 0 Å². The second-order valence-electron chi connectivity index (χ2n) is 6.49. The molecule has 0 radical (unpaired) electrons. The van der Waals surface area contributed by atoms with Gasteiger partial charge in [0.05, 0.1) is 12.2 Å². The normalized spacial score (nSPS) is 28.8. The maximum atomic E-state index is 9.73. The van der Waals surface area contributed by atoms with Gasteiger partial charge in [0, 0.05) is 32.8 Å². The van der Waals surface area contributed by atoms with Crippen LogP contribution >= 0.6 is 0 Å². The van der Waals surface area contributed by atoms with E-state index < -0.39 is 0 Å². The van der Waals surface area contributed by atoms with Crippen LogP contribution in [0.5, 0.6) is 0 Å². The van der Waals surface area contributed by atoms with Gasteiger partial charge in [0.25, 0.3) is 0 Å². The molecule has 0 aromatic heterocycles. The van der Waals surface area contributed by atoms with E-state index in [1.807, 2.05) is 0 Å². The van der Waals surface area contributed by atoms with Crippen molar-refractivity contribution in [1.29, 1.82) is 5.26 Å². The molecule has 1 atom stereocenters. The summed E-state index contributed by atoms with van der Waals surface area (Å²) in [5, 5.41) is 13.4. The zero-order chi connectivity index (χ0) is 13.3. The molecular formula is C15H25N3O. The van der Waals surface area contributed by atoms with Gasteiger partial charge in [-0.05, 0) is 44.4 Å². The van der Waals surface area contributed by atoms with Crippen LogP contribution in [0.1, 0.15) is 38.5 Å². The summed E-state index contributed by atoms with van der Waals surface area (Å²) in [7, 11) is 1.80. The SMILES string of the molecule is COC1CCN(CC(C#N)(NC2CC2)C2CC2)CC1. The van der Waals surface area contributed by atoms with Gasteiger partial charge in [0.2, 0.25) is 0 Å². The lowest BCUT2D eigenvalue weighted by atomic mass is 9.92. The number of hydrogen-bond donors (Lipinski definition) is 1. The van der Waals surface area contributed by atoms with Crippen LogP contribution in [0.25, 0.3) is 0 Å². The van der Waals surface area contributed by atoms with Crippen molar-refractivity contribution < 1.29 is 4.74 Å². The molecule has 3 fully saturated rings. The lowest BCUT2D eigenvalue weighted by Crippen LogP contribution is -2.56. The first kappa shape index (κ1) is 13.4. The third kappa shape index (κ3) is 3.10. The predicted molar refractivity (Wildman–Crippen MR) is 73.7 cm³/mol. The average Bonchev–Trinajstić information content (AvgIpc) is 3.31. The molecular weight excluding hydrogens is 238 g/mol. The van der Waals surface area contributed by atoms with Crippen molar-refractivity contribution in [3.63, 3.8) is 0 Å². The number of methoxy groups -OCH3 is 1. The van der Waals surface area contributed by atoms with Gasteiger partial charge in [-0.1, -0.05) is 0 Å². The number of nitrogens with one attached hydrogen (secondary N) is 1. The van der Waals surface area contributed by atoms with E-state index in [4.69, 9.17) is 4.74 Å². The van der Waals surface area contributed by atoms with Gasteiger partial charge in [0.15, 0.2) is 0 Å². The summed E-state index contributed by atoms with van der Waals surface area (Å²) < 4.78 is 5.42. The Morgan fingerprint density at radius 3 is 2.37 bits per heavy atom. The number of likely N-dealkylation sites (tertiary alicyclic amines) is 1. The molecule has 2 saturated carbocycles. The molecule has 3 rings (SSSR count). The van der Waals surface area contributed by atoms with Gasteiger partial charge < -0.3 is 9.64 Å². The van der Waals surface area contributed by atoms with E-state index in [1.54, 1.807) is 7.11 Å². The van der Waals surface area contributed by atoms with Crippen LogP contribution in [0.4, 0.5) is 0 Å². The van der Waals surface area contributed by atoms with Crippen molar-refractivity contribution in [1.82, 2.24) is 10.2 Å². The van der Waals surface area contributed by atoms with Gasteiger partial charge in [-0.15, -0.1) is 0 Å². The first-order chi connectivity index (χ1) is 9.25. The van der Waals surface area contributed by atoms with E-state index in [-0.39, 0.29) is 5.54 Å². The highest BCUT2D eigenvalue weighted by Crippen LogP contribution is 2.42. The largest absolute Gasteiger partial charge is 0.381 e. The number of piperidine rings is 1. The zero-order valence-corrected chi connectivity index (χ0v) is 11.9. The minimum absolute atomic E-state index is 0.277. The Morgan fingerprint density at radius 1 is 1.21 bits per heavy atom. The minimum atomic E-state index is -0.277. The van der Waals surface area contributed by atoms with Crippen molar-refractivity contribution in [3.8, 4) is 6.07 Å². The fraction of sp³-hybridized carbons (Fsp3) is 0.933. The Balaban J connectivity index is 1.59. The fourth-order valence-electron chi connectivity index (χ4n) is 3.28. The van der Waals surface area contributed by atoms with Crippen LogP contribution in [0.3, 0.4) is 0 Å². The average molecular weight is 263 g/mol. The van der Waals surface area contributed by atoms with Crippen LogP contribution in [-0.2, 0) is 4.74 Å². The number of rotatable bonds is 6. The predicted octanol–water partition coefficient (Wildman–Crippen LogP) is 1.52. The highest BCUT2D eigenvalue weighted by Gasteiger charge is 2.49. The topological polar surface area (TPSA) is 48.3 Å². The molecule has 1 unspecified atom stereocenters. The molecule has 1 heterocycles. The van der Waals surface area contributed by atoms with Gasteiger partial charge in [-0.3, -0.25) is 5.32 Å². The second-order valence-corrected chi connectivity index (χ2v) is 6.49. The summed E-state index contributed by atoms with van der Waals surface area (Å²) in [6, 6.07) is 3.25. The van der Waals surface area contributed by atoms with E-state index in [9.17, 15) is 5.26 Å². The molecule has 19 heavy (non-hydrogen) atoms. The minimum Gasteiger partial charge on any atom is -0.381 e. The monoisotopic (exact) mass is 263 g/mol. The summed E-state index contributed by atoms with van der Waals surface area (Å²) in [5.41, 5.74) is -0.277. The van der Waals surface area contributed by atoms with Crippen molar-refractivity contribution in [2.24, 2.45) is 5.92 Å². The molecule has 0 aromatic rings. The van der Waals surface area contributed by atoms with E-state index in [0.717, 1.165) is 32.5 Å². The third-order valence-corrected chi connectivity index (χ3v) is 4.85. The molecule has 1 aliphatic heterocycles. The van der Waals surface area contributed by atoms with Crippen molar-refractivity contribution in [3.05, 3.63) is 0 Å². The molecule has 4 nitrogen and oxygen atoms in total. The first-order valence-corrected chi connectivity index (χ1v) is 7.70. The molecule has 0 spiro atoms. The molecule has 2 aliphatic carbocycles. The molecule has 3 aliphatic rings. The smallest absolute Gasteiger partial charge is 0.122 e. The van der Waals surface area contributed by atoms with E-state index in [1.165, 1.54) is 25.7 Å². The second kappa shape index (κ2) is 5.40. The Morgan fingerprint density at radius 2 is 1.89 bits per heavy atom. The van der Waals surface area contributed by atoms with Crippen molar-refractivity contribution in [2.75, 3.05) is 26.7 Å². The molecule has 4 heteroatoms.